The quantitative estimate of drug-likeness (QED) is 0.320. The van der Waals surface area contributed by atoms with E-state index in [1.165, 1.54) is 18.4 Å². The molecule has 0 atom stereocenters. The van der Waals surface area contributed by atoms with E-state index in [9.17, 15) is 4.79 Å². The molecule has 152 valence electrons. The summed E-state index contributed by atoms with van der Waals surface area (Å²) < 4.78 is 0. The van der Waals surface area contributed by atoms with Gasteiger partial charge in [0.1, 0.15) is 0 Å². The van der Waals surface area contributed by atoms with Gasteiger partial charge in [0, 0.05) is 45.3 Å². The summed E-state index contributed by atoms with van der Waals surface area (Å²) in [5.41, 5.74) is 2.16. The zero-order chi connectivity index (χ0) is 18.8. The fourth-order valence-electron chi connectivity index (χ4n) is 3.03. The molecule has 6 nitrogen and oxygen atoms in total. The number of aliphatic imine (C=N–C) groups is 1. The minimum Gasteiger partial charge on any atom is -0.355 e. The van der Waals surface area contributed by atoms with E-state index in [4.69, 9.17) is 0 Å². The standard InChI is InChI=1S/C20H33N5O.HI/c1-4-5-13-24(3)15-12-22-20(21-2)23-16-17-8-10-18(11-9-17)25-14-6-7-19(25)26;/h8-11H,4-7,12-16H2,1-3H3,(H2,21,22,23);1H. The number of carbonyl (C=O) groups excluding carboxylic acids is 1. The summed E-state index contributed by atoms with van der Waals surface area (Å²) in [6, 6.07) is 8.19. The smallest absolute Gasteiger partial charge is 0.227 e. The Morgan fingerprint density at radius 2 is 1.96 bits per heavy atom. The third-order valence-electron chi connectivity index (χ3n) is 4.68. The van der Waals surface area contributed by atoms with E-state index in [2.05, 4.69) is 46.6 Å². The number of guanidine groups is 1. The lowest BCUT2D eigenvalue weighted by atomic mass is 10.2. The van der Waals surface area contributed by atoms with Gasteiger partial charge >= 0.3 is 0 Å². The molecular weight excluding hydrogens is 453 g/mol. The zero-order valence-corrected chi connectivity index (χ0v) is 19.2. The third-order valence-corrected chi connectivity index (χ3v) is 4.68. The topological polar surface area (TPSA) is 60.0 Å². The van der Waals surface area contributed by atoms with Crippen LogP contribution in [0.1, 0.15) is 38.2 Å². The number of nitrogens with one attached hydrogen (secondary N) is 2. The third kappa shape index (κ3) is 8.04. The Morgan fingerprint density at radius 3 is 2.56 bits per heavy atom. The number of amides is 1. The molecule has 0 radical (unpaired) electrons. The predicted octanol–water partition coefficient (Wildman–Crippen LogP) is 2.83. The molecule has 1 aliphatic heterocycles. The highest BCUT2D eigenvalue weighted by atomic mass is 127. The number of benzene rings is 1. The van der Waals surface area contributed by atoms with Crippen LogP contribution in [0.3, 0.4) is 0 Å². The Morgan fingerprint density at radius 1 is 1.22 bits per heavy atom. The first-order chi connectivity index (χ1) is 12.6. The molecular formula is C20H34IN5O. The van der Waals surface area contributed by atoms with Crippen molar-refractivity contribution >= 4 is 41.5 Å². The molecule has 1 aromatic rings. The van der Waals surface area contributed by atoms with E-state index in [1.807, 2.05) is 17.0 Å². The number of rotatable bonds is 9. The van der Waals surface area contributed by atoms with Crippen LogP contribution >= 0.6 is 24.0 Å². The van der Waals surface area contributed by atoms with E-state index in [-0.39, 0.29) is 29.9 Å². The van der Waals surface area contributed by atoms with Crippen LogP contribution in [0, 0.1) is 0 Å². The monoisotopic (exact) mass is 487 g/mol. The number of hydrogen-bond donors (Lipinski definition) is 2. The summed E-state index contributed by atoms with van der Waals surface area (Å²) in [4.78, 5) is 20.3. The van der Waals surface area contributed by atoms with Crippen LogP contribution in [-0.4, -0.2) is 57.0 Å². The van der Waals surface area contributed by atoms with Crippen molar-refractivity contribution in [1.29, 1.82) is 0 Å². The molecule has 1 amide bonds. The first-order valence-corrected chi connectivity index (χ1v) is 9.66. The molecule has 1 fully saturated rings. The van der Waals surface area contributed by atoms with Crippen molar-refractivity contribution in [3.8, 4) is 0 Å². The molecule has 27 heavy (non-hydrogen) atoms. The van der Waals surface area contributed by atoms with Crippen LogP contribution in [-0.2, 0) is 11.3 Å². The van der Waals surface area contributed by atoms with E-state index in [0.717, 1.165) is 44.2 Å². The highest BCUT2D eigenvalue weighted by Gasteiger charge is 2.21. The Bertz CT molecular complexity index is 591. The maximum atomic E-state index is 11.8. The summed E-state index contributed by atoms with van der Waals surface area (Å²) in [6.07, 6.45) is 4.09. The van der Waals surface area contributed by atoms with Gasteiger partial charge < -0.3 is 20.4 Å². The molecule has 1 heterocycles. The van der Waals surface area contributed by atoms with Crippen molar-refractivity contribution in [2.75, 3.05) is 45.2 Å². The molecule has 0 saturated carbocycles. The second kappa shape index (κ2) is 12.9. The highest BCUT2D eigenvalue weighted by molar-refractivity contribution is 14.0. The first kappa shape index (κ1) is 23.7. The fourth-order valence-corrected chi connectivity index (χ4v) is 3.03. The van der Waals surface area contributed by atoms with Crippen LogP contribution in [0.2, 0.25) is 0 Å². The average molecular weight is 487 g/mol. The van der Waals surface area contributed by atoms with Crippen molar-refractivity contribution in [3.05, 3.63) is 29.8 Å². The van der Waals surface area contributed by atoms with E-state index in [1.54, 1.807) is 7.05 Å². The van der Waals surface area contributed by atoms with Gasteiger partial charge in [-0.25, -0.2) is 0 Å². The summed E-state index contributed by atoms with van der Waals surface area (Å²) >= 11 is 0. The molecule has 1 aromatic carbocycles. The largest absolute Gasteiger partial charge is 0.355 e. The van der Waals surface area contributed by atoms with Gasteiger partial charge in [-0.05, 0) is 44.1 Å². The summed E-state index contributed by atoms with van der Waals surface area (Å²) in [5.74, 6) is 1.04. The molecule has 2 N–H and O–H groups in total. The van der Waals surface area contributed by atoms with Gasteiger partial charge in [0.15, 0.2) is 5.96 Å². The molecule has 1 aliphatic rings. The van der Waals surface area contributed by atoms with Gasteiger partial charge in [-0.15, -0.1) is 24.0 Å². The lowest BCUT2D eigenvalue weighted by molar-refractivity contribution is -0.117. The number of anilines is 1. The lowest BCUT2D eigenvalue weighted by Gasteiger charge is -2.18. The normalized spacial score (nSPS) is 14.4. The zero-order valence-electron chi connectivity index (χ0n) is 16.8. The van der Waals surface area contributed by atoms with Gasteiger partial charge in [-0.1, -0.05) is 25.5 Å². The number of unbranched alkanes of at least 4 members (excludes halogenated alkanes) is 1. The van der Waals surface area contributed by atoms with E-state index >= 15 is 0 Å². The highest BCUT2D eigenvalue weighted by Crippen LogP contribution is 2.21. The first-order valence-electron chi connectivity index (χ1n) is 9.66. The summed E-state index contributed by atoms with van der Waals surface area (Å²) in [6.45, 7) is 6.76. The van der Waals surface area contributed by atoms with E-state index < -0.39 is 0 Å². The molecule has 0 unspecified atom stereocenters. The second-order valence-corrected chi connectivity index (χ2v) is 6.82. The number of hydrogen-bond acceptors (Lipinski definition) is 3. The summed E-state index contributed by atoms with van der Waals surface area (Å²) in [7, 11) is 3.94. The molecule has 2 rings (SSSR count). The number of nitrogens with zero attached hydrogens (tertiary/aromatic N) is 3. The van der Waals surface area contributed by atoms with Gasteiger partial charge in [0.25, 0.3) is 0 Å². The average Bonchev–Trinajstić information content (AvgIpc) is 3.09. The minimum absolute atomic E-state index is 0. The Balaban J connectivity index is 0.00000364. The van der Waals surface area contributed by atoms with Gasteiger partial charge in [-0.2, -0.15) is 0 Å². The maximum absolute atomic E-state index is 11.8. The van der Waals surface area contributed by atoms with Gasteiger partial charge in [-0.3, -0.25) is 9.79 Å². The molecule has 0 aromatic heterocycles. The van der Waals surface area contributed by atoms with Crippen LogP contribution in [0.25, 0.3) is 0 Å². The lowest BCUT2D eigenvalue weighted by Crippen LogP contribution is -2.40. The minimum atomic E-state index is 0. The van der Waals surface area contributed by atoms with Gasteiger partial charge in [0.2, 0.25) is 5.91 Å². The Hall–Kier alpha value is -1.35. The van der Waals surface area contributed by atoms with Crippen molar-refractivity contribution < 1.29 is 4.79 Å². The summed E-state index contributed by atoms with van der Waals surface area (Å²) in [5, 5.41) is 6.69. The number of likely N-dealkylation sites (N-methyl/N-ethyl adjacent to an activating group) is 1. The van der Waals surface area contributed by atoms with Crippen LogP contribution < -0.4 is 15.5 Å². The van der Waals surface area contributed by atoms with Crippen LogP contribution in [0.5, 0.6) is 0 Å². The predicted molar refractivity (Wildman–Crippen MR) is 124 cm³/mol. The molecule has 1 saturated heterocycles. The number of carbonyl (C=O) groups is 1. The molecule has 0 bridgehead atoms. The van der Waals surface area contributed by atoms with Crippen molar-refractivity contribution in [2.24, 2.45) is 4.99 Å². The SMILES string of the molecule is CCCCN(C)CCNC(=NC)NCc1ccc(N2CCCC2=O)cc1.I. The van der Waals surface area contributed by atoms with Crippen LogP contribution in [0.4, 0.5) is 5.69 Å². The van der Waals surface area contributed by atoms with Crippen molar-refractivity contribution in [3.63, 3.8) is 0 Å². The van der Waals surface area contributed by atoms with Crippen molar-refractivity contribution in [1.82, 2.24) is 15.5 Å². The van der Waals surface area contributed by atoms with Gasteiger partial charge in [0.05, 0.1) is 0 Å². The maximum Gasteiger partial charge on any atom is 0.227 e. The van der Waals surface area contributed by atoms with E-state index in [0.29, 0.717) is 13.0 Å². The Labute approximate surface area is 180 Å². The van der Waals surface area contributed by atoms with Crippen molar-refractivity contribution in [2.45, 2.75) is 39.2 Å². The van der Waals surface area contributed by atoms with Crippen LogP contribution in [0.15, 0.2) is 29.3 Å². The Kier molecular flexibility index (Phi) is 11.3. The number of halogens is 1. The second-order valence-electron chi connectivity index (χ2n) is 6.82. The fraction of sp³-hybridized carbons (Fsp3) is 0.600. The molecule has 0 spiro atoms. The molecule has 7 heteroatoms. The molecule has 0 aliphatic carbocycles.